The second-order valence-corrected chi connectivity index (χ2v) is 10.7. The number of fused-ring (bicyclic) bond motifs is 1. The van der Waals surface area contributed by atoms with Gasteiger partial charge >= 0.3 is 23.9 Å². The Morgan fingerprint density at radius 1 is 0.780 bits per heavy atom. The molecule has 18 nitrogen and oxygen atoms in total. The fourth-order valence-corrected chi connectivity index (χ4v) is 4.93. The second kappa shape index (κ2) is 15.8. The van der Waals surface area contributed by atoms with Crippen molar-refractivity contribution in [2.75, 3.05) is 54.9 Å². The highest BCUT2D eigenvalue weighted by atomic mass is 16.5. The van der Waals surface area contributed by atoms with E-state index in [9.17, 15) is 49.9 Å². The van der Waals surface area contributed by atoms with E-state index in [1.165, 1.54) is 42.5 Å². The van der Waals surface area contributed by atoms with Crippen molar-refractivity contribution in [1.29, 1.82) is 0 Å². The van der Waals surface area contributed by atoms with E-state index in [4.69, 9.17) is 19.6 Å². The van der Waals surface area contributed by atoms with E-state index in [-0.39, 0.29) is 64.1 Å². The fourth-order valence-electron chi connectivity index (χ4n) is 4.93. The molecule has 0 saturated heterocycles. The van der Waals surface area contributed by atoms with Crippen molar-refractivity contribution in [3.8, 4) is 11.5 Å². The van der Waals surface area contributed by atoms with Gasteiger partial charge in [-0.15, -0.1) is 0 Å². The molecule has 0 fully saturated rings. The molecule has 0 atom stereocenters. The molecule has 4 aromatic rings. The molecule has 0 aliphatic heterocycles. The van der Waals surface area contributed by atoms with Crippen LogP contribution >= 0.6 is 0 Å². The third-order valence-electron chi connectivity index (χ3n) is 6.97. The summed E-state index contributed by atoms with van der Waals surface area (Å²) >= 11 is 0. The minimum absolute atomic E-state index is 0.0491. The van der Waals surface area contributed by atoms with E-state index in [2.05, 4.69) is 10.0 Å². The van der Waals surface area contributed by atoms with Crippen molar-refractivity contribution in [3.63, 3.8) is 0 Å². The molecule has 1 heterocycles. The summed E-state index contributed by atoms with van der Waals surface area (Å²) in [5.41, 5.74) is 16.2. The first-order valence-corrected chi connectivity index (χ1v) is 14.6. The smallest absolute Gasteiger partial charge is 0.323 e. The van der Waals surface area contributed by atoms with Crippen LogP contribution in [-0.2, 0) is 19.2 Å². The monoisotopic (exact) mass is 690 g/mol. The van der Waals surface area contributed by atoms with Gasteiger partial charge in [0.2, 0.25) is 5.78 Å². The van der Waals surface area contributed by atoms with Gasteiger partial charge in [0.1, 0.15) is 56.5 Å². The molecule has 4 rings (SSSR count). The molecule has 0 amide bonds. The Morgan fingerprint density at radius 2 is 1.30 bits per heavy atom. The Balaban J connectivity index is 1.73. The Morgan fingerprint density at radius 3 is 1.82 bits per heavy atom. The third-order valence-corrected chi connectivity index (χ3v) is 6.97. The van der Waals surface area contributed by atoms with Crippen molar-refractivity contribution < 1.29 is 58.3 Å². The molecule has 0 unspecified atom stereocenters. The molecular formula is C32H30N6O12. The highest BCUT2D eigenvalue weighted by Crippen LogP contribution is 2.42. The van der Waals surface area contributed by atoms with Gasteiger partial charge in [0, 0.05) is 27.6 Å². The SMILES string of the molecule is Cc1ccc(N(CC(=O)O)CC(=O)O)c(OCCOc2cc3c(N=[N+]=[N-])c(C(=O)c4ccc(N)cc4)oc3cc2N(CC(=O)O)CC(=O)O)c1. The number of furan rings is 1. The summed E-state index contributed by atoms with van der Waals surface area (Å²) in [7, 11) is 0. The molecule has 18 heteroatoms. The number of carbonyl (C=O) groups is 5. The van der Waals surface area contributed by atoms with E-state index in [1.807, 2.05) is 0 Å². The topological polar surface area (TPSA) is 279 Å². The minimum atomic E-state index is -1.37. The molecule has 260 valence electrons. The van der Waals surface area contributed by atoms with Crippen molar-refractivity contribution in [2.24, 2.45) is 5.11 Å². The summed E-state index contributed by atoms with van der Waals surface area (Å²) in [6, 6.07) is 13.1. The van der Waals surface area contributed by atoms with Crippen LogP contribution in [0.25, 0.3) is 21.4 Å². The number of carboxylic acid groups (broad SMARTS) is 4. The number of aryl methyl sites for hydroxylation is 1. The van der Waals surface area contributed by atoms with Crippen molar-refractivity contribution >= 4 is 63.4 Å². The maximum absolute atomic E-state index is 13.4. The number of nitrogens with zero attached hydrogens (tertiary/aromatic N) is 5. The molecule has 0 aliphatic carbocycles. The number of aliphatic carboxylic acids is 4. The Kier molecular flexibility index (Phi) is 11.3. The number of ketones is 1. The van der Waals surface area contributed by atoms with Crippen LogP contribution in [-0.4, -0.2) is 89.5 Å². The predicted molar refractivity (Wildman–Crippen MR) is 176 cm³/mol. The van der Waals surface area contributed by atoms with Crippen LogP contribution < -0.4 is 25.0 Å². The zero-order valence-corrected chi connectivity index (χ0v) is 26.3. The van der Waals surface area contributed by atoms with Gasteiger partial charge < -0.3 is 49.9 Å². The van der Waals surface area contributed by atoms with E-state index in [0.29, 0.717) is 5.69 Å². The van der Waals surface area contributed by atoms with Gasteiger partial charge in [-0.2, -0.15) is 0 Å². The zero-order chi connectivity index (χ0) is 36.5. The fraction of sp³-hybridized carbons (Fsp3) is 0.219. The summed E-state index contributed by atoms with van der Waals surface area (Å²) in [6.07, 6.45) is 0. The Labute approximate surface area is 282 Å². The van der Waals surface area contributed by atoms with E-state index < -0.39 is 55.8 Å². The lowest BCUT2D eigenvalue weighted by Crippen LogP contribution is -2.35. The number of nitrogen functional groups attached to an aromatic ring is 1. The number of rotatable bonds is 18. The van der Waals surface area contributed by atoms with Gasteiger partial charge in [-0.25, -0.2) is 0 Å². The van der Waals surface area contributed by atoms with Gasteiger partial charge in [-0.05, 0) is 60.5 Å². The second-order valence-electron chi connectivity index (χ2n) is 10.7. The standard InChI is InChI=1S/C32H30N6O12/c1-17-2-7-21(37(13-26(39)40)14-27(41)42)24(10-17)48-8-9-49-25-11-20-23(12-22(25)38(15-28(43)44)16-29(45)46)50-32(30(20)35-36-34)31(47)18-3-5-19(33)6-4-18/h2-7,10-12H,8-9,13-16,33H2,1H3,(H,39,40)(H,41,42)(H,43,44)(H,45,46). The molecule has 3 aromatic carbocycles. The number of nitrogens with two attached hydrogens (primary N) is 1. The van der Waals surface area contributed by atoms with Crippen molar-refractivity contribution in [3.05, 3.63) is 81.9 Å². The van der Waals surface area contributed by atoms with Crippen LogP contribution in [0.3, 0.4) is 0 Å². The maximum atomic E-state index is 13.4. The number of benzene rings is 3. The number of anilines is 3. The third kappa shape index (κ3) is 8.90. The summed E-state index contributed by atoms with van der Waals surface area (Å²) in [5.74, 6) is -6.23. The highest BCUT2D eigenvalue weighted by molar-refractivity contribution is 6.14. The molecule has 50 heavy (non-hydrogen) atoms. The number of ether oxygens (including phenoxy) is 2. The summed E-state index contributed by atoms with van der Waals surface area (Å²) in [6.45, 7) is -1.54. The lowest BCUT2D eigenvalue weighted by atomic mass is 10.1. The maximum Gasteiger partial charge on any atom is 0.323 e. The molecule has 0 spiro atoms. The first kappa shape index (κ1) is 35.9. The number of carbonyl (C=O) groups excluding carboxylic acids is 1. The first-order chi connectivity index (χ1) is 23.8. The Bertz CT molecular complexity index is 1970. The average Bonchev–Trinajstić information content (AvgIpc) is 3.38. The van der Waals surface area contributed by atoms with Gasteiger partial charge in [-0.3, -0.25) is 24.0 Å². The average molecular weight is 691 g/mol. The number of carboxylic acids is 4. The summed E-state index contributed by atoms with van der Waals surface area (Å²) in [4.78, 5) is 64.6. The van der Waals surface area contributed by atoms with Crippen LogP contribution in [0, 0.1) is 6.92 Å². The number of azide groups is 1. The van der Waals surface area contributed by atoms with Crippen LogP contribution in [0.1, 0.15) is 21.7 Å². The predicted octanol–water partition coefficient (Wildman–Crippen LogP) is 3.91. The quantitative estimate of drug-likeness (QED) is 0.0247. The van der Waals surface area contributed by atoms with Crippen molar-refractivity contribution in [2.45, 2.75) is 6.92 Å². The molecule has 0 radical (unpaired) electrons. The summed E-state index contributed by atoms with van der Waals surface area (Å²) < 4.78 is 17.6. The number of hydrogen-bond acceptors (Lipinski definition) is 12. The van der Waals surface area contributed by atoms with Gasteiger partial charge in [-0.1, -0.05) is 11.2 Å². The highest BCUT2D eigenvalue weighted by Gasteiger charge is 2.26. The lowest BCUT2D eigenvalue weighted by Gasteiger charge is -2.25. The van der Waals surface area contributed by atoms with Crippen LogP contribution in [0.4, 0.5) is 22.7 Å². The number of hydrogen-bond donors (Lipinski definition) is 5. The van der Waals surface area contributed by atoms with Gasteiger partial charge in [0.15, 0.2) is 5.76 Å². The first-order valence-electron chi connectivity index (χ1n) is 14.6. The molecule has 0 saturated carbocycles. The normalized spacial score (nSPS) is 10.6. The summed E-state index contributed by atoms with van der Waals surface area (Å²) in [5, 5.41) is 41.5. The lowest BCUT2D eigenvalue weighted by molar-refractivity contribution is -0.138. The van der Waals surface area contributed by atoms with E-state index in [1.54, 1.807) is 19.1 Å². The van der Waals surface area contributed by atoms with Crippen LogP contribution in [0.15, 0.2) is 64.1 Å². The largest absolute Gasteiger partial charge is 0.488 e. The van der Waals surface area contributed by atoms with Crippen molar-refractivity contribution in [1.82, 2.24) is 0 Å². The van der Waals surface area contributed by atoms with E-state index in [0.717, 1.165) is 15.4 Å². The molecule has 6 N–H and O–H groups in total. The molecule has 0 aliphatic rings. The molecule has 1 aromatic heterocycles. The van der Waals surface area contributed by atoms with Crippen LogP contribution in [0.5, 0.6) is 11.5 Å². The molecule has 0 bridgehead atoms. The minimum Gasteiger partial charge on any atom is -0.488 e. The Hall–Kier alpha value is -6.94. The van der Waals surface area contributed by atoms with E-state index >= 15 is 0 Å². The molecular weight excluding hydrogens is 660 g/mol. The van der Waals surface area contributed by atoms with Gasteiger partial charge in [0.05, 0.1) is 17.1 Å². The zero-order valence-electron chi connectivity index (χ0n) is 26.3. The van der Waals surface area contributed by atoms with Crippen LogP contribution in [0.2, 0.25) is 0 Å². The van der Waals surface area contributed by atoms with Gasteiger partial charge in [0.25, 0.3) is 0 Å².